The second-order valence-electron chi connectivity index (χ2n) is 5.10. The first-order chi connectivity index (χ1) is 11.4. The quantitative estimate of drug-likeness (QED) is 0.786. The van der Waals surface area contributed by atoms with Crippen LogP contribution in [0.3, 0.4) is 0 Å². The van der Waals surface area contributed by atoms with Crippen molar-refractivity contribution in [2.75, 3.05) is 5.75 Å². The lowest BCUT2D eigenvalue weighted by Gasteiger charge is -2.08. The highest BCUT2D eigenvalue weighted by molar-refractivity contribution is 7.91. The number of benzene rings is 1. The van der Waals surface area contributed by atoms with Crippen molar-refractivity contribution in [2.45, 2.75) is 18.2 Å². The molecule has 24 heavy (non-hydrogen) atoms. The number of aryl methyl sites for hydroxylation is 1. The number of nitrogens with zero attached hydrogens (tertiary/aromatic N) is 1. The van der Waals surface area contributed by atoms with Gasteiger partial charge < -0.3 is 0 Å². The van der Waals surface area contributed by atoms with Crippen LogP contribution in [0.2, 0.25) is 0 Å². The Balaban J connectivity index is 1.84. The first kappa shape index (κ1) is 17.6. The summed E-state index contributed by atoms with van der Waals surface area (Å²) in [6.07, 6.45) is 1.18. The topological polar surface area (TPSA) is 105 Å². The maximum absolute atomic E-state index is 12.1. The molecule has 8 heteroatoms. The van der Waals surface area contributed by atoms with Crippen molar-refractivity contribution in [1.82, 2.24) is 15.8 Å². The predicted molar refractivity (Wildman–Crippen MR) is 87.7 cm³/mol. The van der Waals surface area contributed by atoms with E-state index in [4.69, 9.17) is 0 Å². The lowest BCUT2D eigenvalue weighted by atomic mass is 10.2. The van der Waals surface area contributed by atoms with Crippen molar-refractivity contribution in [3.05, 3.63) is 59.9 Å². The van der Waals surface area contributed by atoms with Gasteiger partial charge in [-0.05, 0) is 31.2 Å². The maximum Gasteiger partial charge on any atom is 0.288 e. The van der Waals surface area contributed by atoms with Crippen molar-refractivity contribution in [2.24, 2.45) is 0 Å². The summed E-state index contributed by atoms with van der Waals surface area (Å²) in [5, 5.41) is 0. The normalized spacial score (nSPS) is 10.9. The summed E-state index contributed by atoms with van der Waals surface area (Å²) in [5.74, 6) is -1.53. The van der Waals surface area contributed by atoms with Crippen molar-refractivity contribution in [3.8, 4) is 0 Å². The van der Waals surface area contributed by atoms with Crippen LogP contribution in [0.1, 0.15) is 22.5 Å². The highest BCUT2D eigenvalue weighted by Gasteiger charge is 2.16. The molecule has 0 bridgehead atoms. The van der Waals surface area contributed by atoms with Crippen LogP contribution in [0.15, 0.2) is 53.6 Å². The smallest absolute Gasteiger partial charge is 0.273 e. The zero-order chi connectivity index (χ0) is 17.6. The Morgan fingerprint density at radius 1 is 1.04 bits per heavy atom. The molecule has 0 saturated carbocycles. The fraction of sp³-hybridized carbons (Fsp3) is 0.188. The number of nitrogens with one attached hydrogen (secondary N) is 2. The van der Waals surface area contributed by atoms with Gasteiger partial charge in [0.05, 0.1) is 10.6 Å². The van der Waals surface area contributed by atoms with E-state index < -0.39 is 21.7 Å². The molecule has 2 amide bonds. The number of hydrogen-bond donors (Lipinski definition) is 2. The highest BCUT2D eigenvalue weighted by atomic mass is 32.2. The van der Waals surface area contributed by atoms with Crippen LogP contribution in [0.25, 0.3) is 0 Å². The van der Waals surface area contributed by atoms with E-state index in [-0.39, 0.29) is 22.8 Å². The van der Waals surface area contributed by atoms with Gasteiger partial charge in [-0.15, -0.1) is 0 Å². The second-order valence-corrected chi connectivity index (χ2v) is 7.21. The molecule has 7 nitrogen and oxygen atoms in total. The number of rotatable bonds is 5. The van der Waals surface area contributed by atoms with Crippen LogP contribution in [-0.2, 0) is 14.6 Å². The molecule has 0 unspecified atom stereocenters. The van der Waals surface area contributed by atoms with Gasteiger partial charge >= 0.3 is 0 Å². The van der Waals surface area contributed by atoms with E-state index in [1.165, 1.54) is 24.4 Å². The van der Waals surface area contributed by atoms with E-state index >= 15 is 0 Å². The number of hydrogen-bond acceptors (Lipinski definition) is 5. The van der Waals surface area contributed by atoms with Gasteiger partial charge in [0.25, 0.3) is 5.91 Å². The molecule has 1 aromatic carbocycles. The Kier molecular flexibility index (Phi) is 5.64. The molecule has 2 aromatic rings. The summed E-state index contributed by atoms with van der Waals surface area (Å²) in [7, 11) is -3.55. The third-order valence-electron chi connectivity index (χ3n) is 3.19. The fourth-order valence-corrected chi connectivity index (χ4v) is 3.08. The van der Waals surface area contributed by atoms with Crippen molar-refractivity contribution in [3.63, 3.8) is 0 Å². The molecule has 0 fully saturated rings. The van der Waals surface area contributed by atoms with Gasteiger partial charge in [-0.2, -0.15) is 0 Å². The van der Waals surface area contributed by atoms with Crippen LogP contribution in [0, 0.1) is 6.92 Å². The van der Waals surface area contributed by atoms with E-state index in [0.717, 1.165) is 5.56 Å². The van der Waals surface area contributed by atoms with Crippen molar-refractivity contribution in [1.29, 1.82) is 0 Å². The van der Waals surface area contributed by atoms with Crippen LogP contribution in [0.4, 0.5) is 0 Å². The Bertz CT molecular complexity index is 818. The van der Waals surface area contributed by atoms with E-state index in [9.17, 15) is 18.0 Å². The van der Waals surface area contributed by atoms with Gasteiger partial charge in [0.2, 0.25) is 5.91 Å². The van der Waals surface area contributed by atoms with Gasteiger partial charge in [0.1, 0.15) is 5.69 Å². The Hall–Kier alpha value is -2.74. The molecular formula is C16H17N3O4S. The van der Waals surface area contributed by atoms with Gasteiger partial charge in [0.15, 0.2) is 9.84 Å². The van der Waals surface area contributed by atoms with E-state index in [0.29, 0.717) is 0 Å². The van der Waals surface area contributed by atoms with Gasteiger partial charge in [-0.25, -0.2) is 8.42 Å². The first-order valence-electron chi connectivity index (χ1n) is 7.18. The number of carbonyl (C=O) groups is 2. The lowest BCUT2D eigenvalue weighted by molar-refractivity contribution is -0.121. The van der Waals surface area contributed by atoms with Crippen LogP contribution in [0.5, 0.6) is 0 Å². The van der Waals surface area contributed by atoms with Gasteiger partial charge in [-0.3, -0.25) is 25.4 Å². The van der Waals surface area contributed by atoms with Gasteiger partial charge in [0, 0.05) is 12.6 Å². The average molecular weight is 347 g/mol. The fourth-order valence-electron chi connectivity index (χ4n) is 1.84. The molecule has 0 radical (unpaired) electrons. The summed E-state index contributed by atoms with van der Waals surface area (Å²) in [4.78, 5) is 27.4. The number of amides is 2. The number of carbonyl (C=O) groups excluding carboxylic acids is 2. The standard InChI is InChI=1S/C16H17N3O4S/c1-12-5-7-13(8-6-12)24(22,23)11-9-15(20)18-19-16(21)14-4-2-3-10-17-14/h2-8,10H,9,11H2,1H3,(H,18,20)(H,19,21). The third-order valence-corrected chi connectivity index (χ3v) is 4.92. The molecule has 0 aliphatic heterocycles. The molecule has 0 saturated heterocycles. The lowest BCUT2D eigenvalue weighted by Crippen LogP contribution is -2.42. The first-order valence-corrected chi connectivity index (χ1v) is 8.83. The minimum absolute atomic E-state index is 0.144. The molecule has 0 spiro atoms. The van der Waals surface area contributed by atoms with Crippen LogP contribution >= 0.6 is 0 Å². The van der Waals surface area contributed by atoms with Crippen molar-refractivity contribution >= 4 is 21.7 Å². The van der Waals surface area contributed by atoms with Gasteiger partial charge in [-0.1, -0.05) is 23.8 Å². The van der Waals surface area contributed by atoms with Crippen molar-refractivity contribution < 1.29 is 18.0 Å². The number of hydrazine groups is 1. The van der Waals surface area contributed by atoms with Crippen LogP contribution in [-0.4, -0.2) is 31.0 Å². The monoisotopic (exact) mass is 347 g/mol. The zero-order valence-corrected chi connectivity index (χ0v) is 13.8. The largest absolute Gasteiger partial charge is 0.288 e. The molecule has 2 rings (SSSR count). The summed E-state index contributed by atoms with van der Waals surface area (Å²) in [6, 6.07) is 11.2. The average Bonchev–Trinajstić information content (AvgIpc) is 2.59. The van der Waals surface area contributed by atoms with E-state index in [1.807, 2.05) is 6.92 Å². The molecule has 2 N–H and O–H groups in total. The molecule has 0 aliphatic rings. The number of sulfone groups is 1. The second kappa shape index (κ2) is 7.69. The maximum atomic E-state index is 12.1. The number of pyridine rings is 1. The minimum atomic E-state index is -3.55. The minimum Gasteiger partial charge on any atom is -0.273 e. The Labute approximate surface area is 140 Å². The SMILES string of the molecule is Cc1ccc(S(=O)(=O)CCC(=O)NNC(=O)c2ccccn2)cc1. The summed E-state index contributed by atoms with van der Waals surface area (Å²) in [6.45, 7) is 1.86. The predicted octanol–water partition coefficient (Wildman–Crippen LogP) is 1.02. The molecule has 1 heterocycles. The number of aromatic nitrogens is 1. The third kappa shape index (κ3) is 4.88. The Morgan fingerprint density at radius 2 is 1.75 bits per heavy atom. The molecule has 1 aromatic heterocycles. The molecule has 0 aliphatic carbocycles. The van der Waals surface area contributed by atoms with E-state index in [2.05, 4.69) is 15.8 Å². The van der Waals surface area contributed by atoms with E-state index in [1.54, 1.807) is 24.3 Å². The molecular weight excluding hydrogens is 330 g/mol. The molecule has 0 atom stereocenters. The highest BCUT2D eigenvalue weighted by Crippen LogP contribution is 2.12. The summed E-state index contributed by atoms with van der Waals surface area (Å²) < 4.78 is 24.3. The zero-order valence-electron chi connectivity index (χ0n) is 13.0. The summed E-state index contributed by atoms with van der Waals surface area (Å²) >= 11 is 0. The Morgan fingerprint density at radius 3 is 2.38 bits per heavy atom. The molecule has 126 valence electrons. The van der Waals surface area contributed by atoms with Crippen LogP contribution < -0.4 is 10.9 Å². The summed E-state index contributed by atoms with van der Waals surface area (Å²) in [5.41, 5.74) is 5.45.